The van der Waals surface area contributed by atoms with E-state index < -0.39 is 5.97 Å². The third-order valence-corrected chi connectivity index (χ3v) is 4.33. The van der Waals surface area contributed by atoms with Gasteiger partial charge in [0.25, 0.3) is 0 Å². The van der Waals surface area contributed by atoms with E-state index in [4.69, 9.17) is 16.3 Å². The molecule has 2 rings (SSSR count). The van der Waals surface area contributed by atoms with Crippen molar-refractivity contribution in [3.05, 3.63) is 62.1 Å². The average molecular weight is 370 g/mol. The van der Waals surface area contributed by atoms with Crippen LogP contribution in [-0.2, 0) is 6.61 Å². The molecule has 21 heavy (non-hydrogen) atoms. The molecule has 0 aliphatic rings. The van der Waals surface area contributed by atoms with Gasteiger partial charge in [0.15, 0.2) is 0 Å². The molecule has 0 radical (unpaired) electrons. The summed E-state index contributed by atoms with van der Waals surface area (Å²) in [6.07, 6.45) is 0. The summed E-state index contributed by atoms with van der Waals surface area (Å²) in [6, 6.07) is 8.73. The van der Waals surface area contributed by atoms with E-state index in [2.05, 4.69) is 15.9 Å². The Kier molecular flexibility index (Phi) is 4.91. The average Bonchev–Trinajstić information content (AvgIpc) is 2.42. The molecule has 3 nitrogen and oxygen atoms in total. The van der Waals surface area contributed by atoms with Crippen LogP contribution in [0, 0.1) is 13.8 Å². The van der Waals surface area contributed by atoms with Gasteiger partial charge in [-0.3, -0.25) is 0 Å². The van der Waals surface area contributed by atoms with E-state index >= 15 is 0 Å². The number of carboxylic acid groups (broad SMARTS) is 1. The lowest BCUT2D eigenvalue weighted by Crippen LogP contribution is -2.07. The molecular weight excluding hydrogens is 356 g/mol. The van der Waals surface area contributed by atoms with Gasteiger partial charge in [0, 0.05) is 15.1 Å². The predicted octanol–water partition coefficient (Wildman–Crippen LogP) is 5.00. The van der Waals surface area contributed by atoms with Gasteiger partial charge in [0.1, 0.15) is 12.4 Å². The van der Waals surface area contributed by atoms with Crippen molar-refractivity contribution in [1.82, 2.24) is 0 Å². The largest absolute Gasteiger partial charge is 0.489 e. The summed E-state index contributed by atoms with van der Waals surface area (Å²) in [6.45, 7) is 4.01. The summed E-state index contributed by atoms with van der Waals surface area (Å²) >= 11 is 9.46. The molecule has 0 aliphatic carbocycles. The van der Waals surface area contributed by atoms with Gasteiger partial charge in [0.05, 0.1) is 5.56 Å². The van der Waals surface area contributed by atoms with Crippen molar-refractivity contribution in [2.24, 2.45) is 0 Å². The van der Waals surface area contributed by atoms with Crippen molar-refractivity contribution in [3.63, 3.8) is 0 Å². The molecule has 0 saturated carbocycles. The number of halogens is 2. The molecule has 0 saturated heterocycles. The number of rotatable bonds is 4. The summed E-state index contributed by atoms with van der Waals surface area (Å²) in [5.74, 6) is -0.328. The highest BCUT2D eigenvalue weighted by Crippen LogP contribution is 2.28. The zero-order valence-electron chi connectivity index (χ0n) is 11.6. The highest BCUT2D eigenvalue weighted by molar-refractivity contribution is 9.10. The van der Waals surface area contributed by atoms with Crippen molar-refractivity contribution in [2.45, 2.75) is 20.5 Å². The second kappa shape index (κ2) is 6.50. The number of ether oxygens (including phenoxy) is 1. The molecule has 0 amide bonds. The summed E-state index contributed by atoms with van der Waals surface area (Å²) in [7, 11) is 0. The second-order valence-corrected chi connectivity index (χ2v) is 5.99. The van der Waals surface area contributed by atoms with Crippen molar-refractivity contribution < 1.29 is 14.6 Å². The quantitative estimate of drug-likeness (QED) is 0.825. The lowest BCUT2D eigenvalue weighted by Gasteiger charge is -2.13. The summed E-state index contributed by atoms with van der Waals surface area (Å²) in [5, 5.41) is 9.85. The van der Waals surface area contributed by atoms with Gasteiger partial charge in [-0.15, -0.1) is 0 Å². The molecule has 0 unspecified atom stereocenters. The van der Waals surface area contributed by atoms with Crippen LogP contribution in [0.2, 0.25) is 5.02 Å². The Labute approximate surface area is 136 Å². The van der Waals surface area contributed by atoms with Crippen LogP contribution < -0.4 is 4.74 Å². The zero-order chi connectivity index (χ0) is 15.6. The van der Waals surface area contributed by atoms with E-state index in [9.17, 15) is 9.90 Å². The highest BCUT2D eigenvalue weighted by Gasteiger charge is 2.14. The fraction of sp³-hybridized carbons (Fsp3) is 0.188. The van der Waals surface area contributed by atoms with Crippen LogP contribution >= 0.6 is 27.5 Å². The van der Waals surface area contributed by atoms with Gasteiger partial charge in [-0.1, -0.05) is 39.7 Å². The number of hydrogen-bond acceptors (Lipinski definition) is 2. The lowest BCUT2D eigenvalue weighted by molar-refractivity contribution is 0.0694. The number of aryl methyl sites for hydroxylation is 2. The van der Waals surface area contributed by atoms with E-state index in [1.165, 1.54) is 0 Å². The van der Waals surface area contributed by atoms with Gasteiger partial charge in [-0.25, -0.2) is 4.79 Å². The third kappa shape index (κ3) is 3.57. The maximum atomic E-state index is 11.3. The van der Waals surface area contributed by atoms with Gasteiger partial charge in [-0.2, -0.15) is 0 Å². The topological polar surface area (TPSA) is 46.5 Å². The van der Waals surface area contributed by atoms with Crippen LogP contribution in [0.25, 0.3) is 0 Å². The molecule has 0 aliphatic heterocycles. The molecule has 5 heteroatoms. The van der Waals surface area contributed by atoms with Crippen molar-refractivity contribution >= 4 is 33.5 Å². The SMILES string of the molecule is Cc1cc(C)c(OCc2c(Br)cccc2C(=O)O)cc1Cl. The van der Waals surface area contributed by atoms with Crippen LogP contribution in [0.1, 0.15) is 27.0 Å². The zero-order valence-corrected chi connectivity index (χ0v) is 14.0. The Morgan fingerprint density at radius 3 is 2.67 bits per heavy atom. The Hall–Kier alpha value is -1.52. The monoisotopic (exact) mass is 368 g/mol. The van der Waals surface area contributed by atoms with E-state index in [-0.39, 0.29) is 12.2 Å². The minimum Gasteiger partial charge on any atom is -0.489 e. The maximum Gasteiger partial charge on any atom is 0.336 e. The summed E-state index contributed by atoms with van der Waals surface area (Å²) in [5.41, 5.74) is 2.76. The minimum absolute atomic E-state index is 0.156. The third-order valence-electron chi connectivity index (χ3n) is 3.18. The Morgan fingerprint density at radius 1 is 1.29 bits per heavy atom. The van der Waals surface area contributed by atoms with E-state index in [1.807, 2.05) is 19.9 Å². The summed E-state index contributed by atoms with van der Waals surface area (Å²) < 4.78 is 6.46. The van der Waals surface area contributed by atoms with E-state index in [1.54, 1.807) is 24.3 Å². The summed E-state index contributed by atoms with van der Waals surface area (Å²) in [4.78, 5) is 11.3. The number of benzene rings is 2. The molecule has 0 fully saturated rings. The van der Waals surface area contributed by atoms with Crippen molar-refractivity contribution in [3.8, 4) is 5.75 Å². The predicted molar refractivity (Wildman–Crippen MR) is 86.4 cm³/mol. The molecular formula is C16H14BrClO3. The normalized spacial score (nSPS) is 10.5. The number of aromatic carboxylic acids is 1. The minimum atomic E-state index is -0.978. The Balaban J connectivity index is 2.29. The first-order valence-corrected chi connectivity index (χ1v) is 7.47. The molecule has 0 heterocycles. The molecule has 1 N–H and O–H groups in total. The molecule has 110 valence electrons. The van der Waals surface area contributed by atoms with Crippen LogP contribution in [0.4, 0.5) is 0 Å². The van der Waals surface area contributed by atoms with Gasteiger partial charge in [-0.05, 0) is 43.2 Å². The first kappa shape index (κ1) is 15.9. The van der Waals surface area contributed by atoms with Crippen molar-refractivity contribution in [1.29, 1.82) is 0 Å². The van der Waals surface area contributed by atoms with Gasteiger partial charge < -0.3 is 9.84 Å². The fourth-order valence-corrected chi connectivity index (χ4v) is 2.65. The molecule has 0 bridgehead atoms. The number of carbonyl (C=O) groups is 1. The van der Waals surface area contributed by atoms with Crippen molar-refractivity contribution in [2.75, 3.05) is 0 Å². The number of carboxylic acids is 1. The molecule has 0 atom stereocenters. The smallest absolute Gasteiger partial charge is 0.336 e. The molecule has 2 aromatic rings. The first-order valence-electron chi connectivity index (χ1n) is 6.30. The second-order valence-electron chi connectivity index (χ2n) is 4.73. The lowest BCUT2D eigenvalue weighted by atomic mass is 10.1. The standard InChI is InChI=1S/C16H14BrClO3/c1-9-6-10(2)15(7-14(9)18)21-8-12-11(16(19)20)4-3-5-13(12)17/h3-7H,8H2,1-2H3,(H,19,20). The Morgan fingerprint density at radius 2 is 2.00 bits per heavy atom. The molecule has 2 aromatic carbocycles. The van der Waals surface area contributed by atoms with Crippen LogP contribution in [0.15, 0.2) is 34.8 Å². The molecule has 0 spiro atoms. The van der Waals surface area contributed by atoms with Crippen LogP contribution in [0.3, 0.4) is 0 Å². The highest BCUT2D eigenvalue weighted by atomic mass is 79.9. The van der Waals surface area contributed by atoms with E-state index in [0.29, 0.717) is 20.8 Å². The van der Waals surface area contributed by atoms with Crippen LogP contribution in [-0.4, -0.2) is 11.1 Å². The molecule has 0 aromatic heterocycles. The van der Waals surface area contributed by atoms with Crippen LogP contribution in [0.5, 0.6) is 5.75 Å². The maximum absolute atomic E-state index is 11.3. The Bertz CT molecular complexity index is 698. The number of hydrogen-bond donors (Lipinski definition) is 1. The van der Waals surface area contributed by atoms with Gasteiger partial charge >= 0.3 is 5.97 Å². The van der Waals surface area contributed by atoms with E-state index in [0.717, 1.165) is 11.1 Å². The van der Waals surface area contributed by atoms with Gasteiger partial charge in [0.2, 0.25) is 0 Å². The first-order chi connectivity index (χ1) is 9.90. The fourth-order valence-electron chi connectivity index (χ4n) is 2.02.